The van der Waals surface area contributed by atoms with Crippen molar-refractivity contribution in [2.24, 2.45) is 0 Å². The Morgan fingerprint density at radius 1 is 1.37 bits per heavy atom. The molecule has 1 aromatic rings. The SMILES string of the molecule is Cc1ccc(NC(=O)CCNC2CC2)cc1C(=O)O. The fourth-order valence-electron chi connectivity index (χ4n) is 1.83. The van der Waals surface area contributed by atoms with E-state index in [1.54, 1.807) is 19.1 Å². The number of aromatic carboxylic acids is 1. The number of carboxylic acid groups (broad SMARTS) is 1. The molecule has 0 aliphatic heterocycles. The lowest BCUT2D eigenvalue weighted by Crippen LogP contribution is -2.23. The van der Waals surface area contributed by atoms with E-state index in [0.29, 0.717) is 30.3 Å². The Kier molecular flexibility index (Phi) is 4.16. The summed E-state index contributed by atoms with van der Waals surface area (Å²) in [5, 5.41) is 15.0. The van der Waals surface area contributed by atoms with Crippen LogP contribution in [-0.2, 0) is 4.79 Å². The lowest BCUT2D eigenvalue weighted by Gasteiger charge is -2.08. The molecule has 0 spiro atoms. The van der Waals surface area contributed by atoms with Gasteiger partial charge < -0.3 is 15.7 Å². The minimum atomic E-state index is -0.982. The van der Waals surface area contributed by atoms with Crippen LogP contribution in [0, 0.1) is 6.92 Å². The highest BCUT2D eigenvalue weighted by atomic mass is 16.4. The van der Waals surface area contributed by atoms with Crippen LogP contribution in [0.15, 0.2) is 18.2 Å². The number of carbonyl (C=O) groups is 2. The molecule has 1 saturated carbocycles. The number of hydrogen-bond acceptors (Lipinski definition) is 3. The fourth-order valence-corrected chi connectivity index (χ4v) is 1.83. The van der Waals surface area contributed by atoms with Crippen molar-refractivity contribution in [3.63, 3.8) is 0 Å². The highest BCUT2D eigenvalue weighted by Gasteiger charge is 2.20. The first-order chi connectivity index (χ1) is 9.06. The maximum atomic E-state index is 11.7. The Labute approximate surface area is 112 Å². The van der Waals surface area contributed by atoms with Crippen LogP contribution in [0.4, 0.5) is 5.69 Å². The molecule has 0 saturated heterocycles. The minimum Gasteiger partial charge on any atom is -0.478 e. The van der Waals surface area contributed by atoms with Crippen LogP contribution in [0.2, 0.25) is 0 Å². The molecule has 0 bridgehead atoms. The van der Waals surface area contributed by atoms with Crippen molar-refractivity contribution in [2.75, 3.05) is 11.9 Å². The van der Waals surface area contributed by atoms with E-state index < -0.39 is 5.97 Å². The standard InChI is InChI=1S/C14H18N2O3/c1-9-2-3-11(8-12(9)14(18)19)16-13(17)6-7-15-10-4-5-10/h2-3,8,10,15H,4-7H2,1H3,(H,16,17)(H,18,19). The molecule has 1 fully saturated rings. The molecule has 2 rings (SSSR count). The Hall–Kier alpha value is -1.88. The van der Waals surface area contributed by atoms with Crippen LogP contribution in [0.25, 0.3) is 0 Å². The molecule has 0 unspecified atom stereocenters. The third kappa shape index (κ3) is 4.06. The number of nitrogens with one attached hydrogen (secondary N) is 2. The van der Waals surface area contributed by atoms with Gasteiger partial charge >= 0.3 is 5.97 Å². The van der Waals surface area contributed by atoms with Gasteiger partial charge in [0.25, 0.3) is 0 Å². The third-order valence-corrected chi connectivity index (χ3v) is 3.11. The maximum Gasteiger partial charge on any atom is 0.336 e. The summed E-state index contributed by atoms with van der Waals surface area (Å²) in [5.41, 5.74) is 1.43. The number of rotatable bonds is 6. The molecule has 0 heterocycles. The fraction of sp³-hybridized carbons (Fsp3) is 0.429. The summed E-state index contributed by atoms with van der Waals surface area (Å²) < 4.78 is 0. The number of hydrogen-bond donors (Lipinski definition) is 3. The van der Waals surface area contributed by atoms with Gasteiger partial charge in [-0.25, -0.2) is 4.79 Å². The summed E-state index contributed by atoms with van der Waals surface area (Å²) in [7, 11) is 0. The van der Waals surface area contributed by atoms with Crippen molar-refractivity contribution in [2.45, 2.75) is 32.2 Å². The Morgan fingerprint density at radius 3 is 2.74 bits per heavy atom. The van der Waals surface area contributed by atoms with E-state index in [2.05, 4.69) is 10.6 Å². The topological polar surface area (TPSA) is 78.4 Å². The van der Waals surface area contributed by atoms with E-state index in [1.807, 2.05) is 0 Å². The summed E-state index contributed by atoms with van der Waals surface area (Å²) in [6.45, 7) is 2.39. The van der Waals surface area contributed by atoms with Crippen LogP contribution in [0.3, 0.4) is 0 Å². The molecular formula is C14H18N2O3. The molecule has 1 aliphatic rings. The van der Waals surface area contributed by atoms with Crippen molar-refractivity contribution >= 4 is 17.6 Å². The maximum absolute atomic E-state index is 11.7. The first kappa shape index (κ1) is 13.5. The average Bonchev–Trinajstić information content (AvgIpc) is 3.15. The summed E-state index contributed by atoms with van der Waals surface area (Å²) in [4.78, 5) is 22.7. The van der Waals surface area contributed by atoms with Crippen LogP contribution in [0.1, 0.15) is 35.2 Å². The quantitative estimate of drug-likeness (QED) is 0.730. The smallest absolute Gasteiger partial charge is 0.336 e. The number of anilines is 1. The van der Waals surface area contributed by atoms with E-state index in [1.165, 1.54) is 18.9 Å². The van der Waals surface area contributed by atoms with Gasteiger partial charge in [-0.3, -0.25) is 4.79 Å². The van der Waals surface area contributed by atoms with Crippen molar-refractivity contribution in [1.82, 2.24) is 5.32 Å². The summed E-state index contributed by atoms with van der Waals surface area (Å²) in [6.07, 6.45) is 2.79. The van der Waals surface area contributed by atoms with E-state index in [0.717, 1.165) is 0 Å². The molecule has 0 aromatic heterocycles. The Bertz CT molecular complexity index is 495. The molecule has 5 heteroatoms. The molecule has 1 aromatic carbocycles. The van der Waals surface area contributed by atoms with Gasteiger partial charge in [-0.05, 0) is 37.5 Å². The number of aryl methyl sites for hydroxylation is 1. The van der Waals surface area contributed by atoms with Gasteiger partial charge in [-0.1, -0.05) is 6.07 Å². The van der Waals surface area contributed by atoms with Gasteiger partial charge in [-0.15, -0.1) is 0 Å². The Morgan fingerprint density at radius 2 is 2.11 bits per heavy atom. The van der Waals surface area contributed by atoms with E-state index in [4.69, 9.17) is 5.11 Å². The highest BCUT2D eigenvalue weighted by molar-refractivity contribution is 5.94. The Balaban J connectivity index is 1.88. The second-order valence-electron chi connectivity index (χ2n) is 4.86. The van der Waals surface area contributed by atoms with Gasteiger partial charge in [0, 0.05) is 24.7 Å². The molecular weight excluding hydrogens is 244 g/mol. The molecule has 1 amide bonds. The van der Waals surface area contributed by atoms with Crippen LogP contribution in [0.5, 0.6) is 0 Å². The lowest BCUT2D eigenvalue weighted by molar-refractivity contribution is -0.116. The second-order valence-corrected chi connectivity index (χ2v) is 4.86. The molecule has 102 valence electrons. The monoisotopic (exact) mass is 262 g/mol. The molecule has 1 aliphatic carbocycles. The van der Waals surface area contributed by atoms with E-state index in [-0.39, 0.29) is 11.5 Å². The first-order valence-corrected chi connectivity index (χ1v) is 6.43. The van der Waals surface area contributed by atoms with Gasteiger partial charge in [-0.2, -0.15) is 0 Å². The molecule has 3 N–H and O–H groups in total. The second kappa shape index (κ2) is 5.84. The lowest BCUT2D eigenvalue weighted by atomic mass is 10.1. The molecule has 19 heavy (non-hydrogen) atoms. The van der Waals surface area contributed by atoms with Crippen LogP contribution >= 0.6 is 0 Å². The molecule has 5 nitrogen and oxygen atoms in total. The third-order valence-electron chi connectivity index (χ3n) is 3.11. The van der Waals surface area contributed by atoms with Gasteiger partial charge in [0.2, 0.25) is 5.91 Å². The number of carbonyl (C=O) groups excluding carboxylic acids is 1. The summed E-state index contributed by atoms with van der Waals surface area (Å²) >= 11 is 0. The zero-order chi connectivity index (χ0) is 13.8. The van der Waals surface area contributed by atoms with Crippen molar-refractivity contribution < 1.29 is 14.7 Å². The normalized spacial score (nSPS) is 14.2. The van der Waals surface area contributed by atoms with E-state index >= 15 is 0 Å². The number of amides is 1. The van der Waals surface area contributed by atoms with Gasteiger partial charge in [0.1, 0.15) is 0 Å². The highest BCUT2D eigenvalue weighted by Crippen LogP contribution is 2.18. The van der Waals surface area contributed by atoms with Crippen molar-refractivity contribution in [3.8, 4) is 0 Å². The molecule has 0 atom stereocenters. The predicted molar refractivity (Wildman–Crippen MR) is 72.4 cm³/mol. The molecule has 0 radical (unpaired) electrons. The van der Waals surface area contributed by atoms with E-state index in [9.17, 15) is 9.59 Å². The zero-order valence-electron chi connectivity index (χ0n) is 10.9. The largest absolute Gasteiger partial charge is 0.478 e. The first-order valence-electron chi connectivity index (χ1n) is 6.43. The average molecular weight is 262 g/mol. The zero-order valence-corrected chi connectivity index (χ0v) is 10.9. The van der Waals surface area contributed by atoms with Gasteiger partial charge in [0.05, 0.1) is 5.56 Å². The minimum absolute atomic E-state index is 0.103. The summed E-state index contributed by atoms with van der Waals surface area (Å²) in [6, 6.07) is 5.49. The van der Waals surface area contributed by atoms with Crippen LogP contribution in [-0.4, -0.2) is 29.6 Å². The summed E-state index contributed by atoms with van der Waals surface area (Å²) in [5.74, 6) is -1.09. The van der Waals surface area contributed by atoms with Gasteiger partial charge in [0.15, 0.2) is 0 Å². The number of carboxylic acids is 1. The number of benzene rings is 1. The van der Waals surface area contributed by atoms with Crippen LogP contribution < -0.4 is 10.6 Å². The van der Waals surface area contributed by atoms with Crippen molar-refractivity contribution in [1.29, 1.82) is 0 Å². The van der Waals surface area contributed by atoms with Crippen molar-refractivity contribution in [3.05, 3.63) is 29.3 Å². The predicted octanol–water partition coefficient (Wildman–Crippen LogP) is 1.77.